The Kier molecular flexibility index (Phi) is 5.60. The molecule has 0 aliphatic carbocycles. The van der Waals surface area contributed by atoms with Crippen LogP contribution in [0, 0.1) is 6.92 Å². The summed E-state index contributed by atoms with van der Waals surface area (Å²) in [6, 6.07) is 10.1. The standard InChI is InChI=1S/C17H17ClN2O3/c1-3-23-15-6-4-5-13(16(15)21)10-19-20-17(22)12-8-7-11(2)14(18)9-12/h4-10,21H,3H2,1-2H3,(H,20,22)/b19-10-. The third-order valence-electron chi connectivity index (χ3n) is 3.13. The maximum absolute atomic E-state index is 12.0. The second-order valence-electron chi connectivity index (χ2n) is 4.79. The van der Waals surface area contributed by atoms with Crippen molar-refractivity contribution in [1.29, 1.82) is 0 Å². The lowest BCUT2D eigenvalue weighted by molar-refractivity contribution is 0.0955. The number of amides is 1. The van der Waals surface area contributed by atoms with Gasteiger partial charge in [0.25, 0.3) is 5.91 Å². The minimum atomic E-state index is -0.386. The summed E-state index contributed by atoms with van der Waals surface area (Å²) >= 11 is 5.99. The Hall–Kier alpha value is -2.53. The van der Waals surface area contributed by atoms with Crippen LogP contribution in [0.15, 0.2) is 41.5 Å². The molecule has 0 aliphatic heterocycles. The quantitative estimate of drug-likeness (QED) is 0.650. The molecule has 120 valence electrons. The molecule has 0 unspecified atom stereocenters. The van der Waals surface area contributed by atoms with E-state index in [2.05, 4.69) is 10.5 Å². The predicted octanol–water partition coefficient (Wildman–Crippen LogP) is 3.52. The van der Waals surface area contributed by atoms with E-state index in [1.807, 2.05) is 13.8 Å². The molecule has 0 aliphatic rings. The third-order valence-corrected chi connectivity index (χ3v) is 3.54. The third kappa shape index (κ3) is 4.23. The van der Waals surface area contributed by atoms with E-state index in [1.165, 1.54) is 6.21 Å². The highest BCUT2D eigenvalue weighted by Gasteiger charge is 2.08. The number of aryl methyl sites for hydroxylation is 1. The summed E-state index contributed by atoms with van der Waals surface area (Å²) in [7, 11) is 0. The van der Waals surface area contributed by atoms with Crippen molar-refractivity contribution in [2.75, 3.05) is 6.61 Å². The predicted molar refractivity (Wildman–Crippen MR) is 90.5 cm³/mol. The average molecular weight is 333 g/mol. The van der Waals surface area contributed by atoms with Crippen LogP contribution in [0.3, 0.4) is 0 Å². The van der Waals surface area contributed by atoms with Gasteiger partial charge < -0.3 is 9.84 Å². The molecular weight excluding hydrogens is 316 g/mol. The molecule has 0 bridgehead atoms. The summed E-state index contributed by atoms with van der Waals surface area (Å²) in [6.07, 6.45) is 1.35. The van der Waals surface area contributed by atoms with Gasteiger partial charge in [-0.2, -0.15) is 5.10 Å². The van der Waals surface area contributed by atoms with Gasteiger partial charge in [-0.15, -0.1) is 0 Å². The fourth-order valence-electron chi connectivity index (χ4n) is 1.87. The van der Waals surface area contributed by atoms with E-state index >= 15 is 0 Å². The van der Waals surface area contributed by atoms with Gasteiger partial charge in [0.15, 0.2) is 11.5 Å². The van der Waals surface area contributed by atoms with Crippen LogP contribution in [0.25, 0.3) is 0 Å². The molecule has 0 fully saturated rings. The molecule has 2 aromatic carbocycles. The van der Waals surface area contributed by atoms with Gasteiger partial charge in [-0.25, -0.2) is 5.43 Å². The smallest absolute Gasteiger partial charge is 0.271 e. The fraction of sp³-hybridized carbons (Fsp3) is 0.176. The number of benzene rings is 2. The van der Waals surface area contributed by atoms with Gasteiger partial charge in [0.2, 0.25) is 0 Å². The molecule has 0 atom stereocenters. The number of ether oxygens (including phenoxy) is 1. The Morgan fingerprint density at radius 1 is 1.39 bits per heavy atom. The molecule has 0 saturated carbocycles. The van der Waals surface area contributed by atoms with Crippen molar-refractivity contribution in [3.63, 3.8) is 0 Å². The van der Waals surface area contributed by atoms with E-state index in [1.54, 1.807) is 36.4 Å². The first-order chi connectivity index (χ1) is 11.0. The van der Waals surface area contributed by atoms with Crippen molar-refractivity contribution in [3.8, 4) is 11.5 Å². The zero-order valence-corrected chi connectivity index (χ0v) is 13.6. The van der Waals surface area contributed by atoms with Crippen LogP contribution in [0.1, 0.15) is 28.4 Å². The summed E-state index contributed by atoms with van der Waals surface area (Å²) in [5, 5.41) is 14.4. The Morgan fingerprint density at radius 3 is 2.87 bits per heavy atom. The number of phenolic OH excluding ortho intramolecular Hbond substituents is 1. The summed E-state index contributed by atoms with van der Waals surface area (Å²) in [6.45, 7) is 4.13. The van der Waals surface area contributed by atoms with E-state index in [0.29, 0.717) is 28.5 Å². The molecule has 23 heavy (non-hydrogen) atoms. The van der Waals surface area contributed by atoms with Gasteiger partial charge >= 0.3 is 0 Å². The van der Waals surface area contributed by atoms with E-state index < -0.39 is 0 Å². The van der Waals surface area contributed by atoms with Crippen molar-refractivity contribution in [2.45, 2.75) is 13.8 Å². The largest absolute Gasteiger partial charge is 0.504 e. The van der Waals surface area contributed by atoms with Crippen LogP contribution in [0.2, 0.25) is 5.02 Å². The molecule has 2 N–H and O–H groups in total. The van der Waals surface area contributed by atoms with Gasteiger partial charge in [-0.05, 0) is 43.7 Å². The second kappa shape index (κ2) is 7.65. The first-order valence-electron chi connectivity index (χ1n) is 7.07. The van der Waals surface area contributed by atoms with Crippen molar-refractivity contribution < 1.29 is 14.6 Å². The van der Waals surface area contributed by atoms with Crippen molar-refractivity contribution in [1.82, 2.24) is 5.43 Å². The Morgan fingerprint density at radius 2 is 2.17 bits per heavy atom. The fourth-order valence-corrected chi connectivity index (χ4v) is 2.06. The molecule has 0 heterocycles. The zero-order chi connectivity index (χ0) is 16.8. The van der Waals surface area contributed by atoms with Crippen LogP contribution in [-0.2, 0) is 0 Å². The van der Waals surface area contributed by atoms with Gasteiger partial charge in [0.05, 0.1) is 12.8 Å². The number of halogens is 1. The van der Waals surface area contributed by atoms with Crippen molar-refractivity contribution in [3.05, 3.63) is 58.1 Å². The number of hydrogen-bond donors (Lipinski definition) is 2. The second-order valence-corrected chi connectivity index (χ2v) is 5.20. The number of phenols is 1. The number of para-hydroxylation sites is 1. The monoisotopic (exact) mass is 332 g/mol. The molecule has 5 nitrogen and oxygen atoms in total. The first kappa shape index (κ1) is 16.8. The van der Waals surface area contributed by atoms with Crippen LogP contribution in [-0.4, -0.2) is 23.8 Å². The van der Waals surface area contributed by atoms with Crippen LogP contribution < -0.4 is 10.2 Å². The number of aromatic hydroxyl groups is 1. The summed E-state index contributed by atoms with van der Waals surface area (Å²) in [5.74, 6) is -0.0394. The first-order valence-corrected chi connectivity index (χ1v) is 7.45. The molecule has 0 aromatic heterocycles. The lowest BCUT2D eigenvalue weighted by Crippen LogP contribution is -2.17. The Balaban J connectivity index is 2.08. The summed E-state index contributed by atoms with van der Waals surface area (Å²) < 4.78 is 5.28. The molecule has 0 saturated heterocycles. The number of hydrogen-bond acceptors (Lipinski definition) is 4. The number of carbonyl (C=O) groups excluding carboxylic acids is 1. The molecule has 0 radical (unpaired) electrons. The molecule has 1 amide bonds. The summed E-state index contributed by atoms with van der Waals surface area (Å²) in [5.41, 5.74) is 4.14. The van der Waals surface area contributed by atoms with Crippen LogP contribution >= 0.6 is 11.6 Å². The molecule has 2 aromatic rings. The topological polar surface area (TPSA) is 70.9 Å². The van der Waals surface area contributed by atoms with E-state index in [9.17, 15) is 9.90 Å². The zero-order valence-electron chi connectivity index (χ0n) is 12.8. The average Bonchev–Trinajstić information content (AvgIpc) is 2.53. The van der Waals surface area contributed by atoms with E-state index in [-0.39, 0.29) is 11.7 Å². The minimum Gasteiger partial charge on any atom is -0.504 e. The van der Waals surface area contributed by atoms with E-state index in [4.69, 9.17) is 16.3 Å². The van der Waals surface area contributed by atoms with E-state index in [0.717, 1.165) is 5.56 Å². The normalized spacial score (nSPS) is 10.7. The van der Waals surface area contributed by atoms with Gasteiger partial charge in [-0.3, -0.25) is 4.79 Å². The molecule has 2 rings (SSSR count). The van der Waals surface area contributed by atoms with Crippen molar-refractivity contribution in [2.24, 2.45) is 5.10 Å². The van der Waals surface area contributed by atoms with Crippen LogP contribution in [0.5, 0.6) is 11.5 Å². The maximum Gasteiger partial charge on any atom is 0.271 e. The maximum atomic E-state index is 12.0. The van der Waals surface area contributed by atoms with Crippen molar-refractivity contribution >= 4 is 23.7 Å². The highest BCUT2D eigenvalue weighted by atomic mass is 35.5. The van der Waals surface area contributed by atoms with Gasteiger partial charge in [0.1, 0.15) is 0 Å². The minimum absolute atomic E-state index is 0.0225. The highest BCUT2D eigenvalue weighted by Crippen LogP contribution is 2.28. The SMILES string of the molecule is CCOc1cccc(/C=N\NC(=O)c2ccc(C)c(Cl)c2)c1O. The van der Waals surface area contributed by atoms with Gasteiger partial charge in [-0.1, -0.05) is 23.7 Å². The Labute approximate surface area is 139 Å². The molecule has 6 heteroatoms. The molecule has 0 spiro atoms. The Bertz CT molecular complexity index is 745. The number of rotatable bonds is 5. The van der Waals surface area contributed by atoms with Gasteiger partial charge in [0, 0.05) is 16.1 Å². The number of carbonyl (C=O) groups is 1. The highest BCUT2D eigenvalue weighted by molar-refractivity contribution is 6.31. The van der Waals surface area contributed by atoms with Crippen LogP contribution in [0.4, 0.5) is 0 Å². The number of nitrogens with one attached hydrogen (secondary N) is 1. The number of nitrogens with zero attached hydrogens (tertiary/aromatic N) is 1. The lowest BCUT2D eigenvalue weighted by Gasteiger charge is -2.07. The lowest BCUT2D eigenvalue weighted by atomic mass is 10.1. The molecular formula is C17H17ClN2O3. The number of hydrazone groups is 1. The summed E-state index contributed by atoms with van der Waals surface area (Å²) in [4.78, 5) is 12.0.